The molecule has 0 radical (unpaired) electrons. The Morgan fingerprint density at radius 1 is 1.32 bits per heavy atom. The average molecular weight is 281 g/mol. The maximum atomic E-state index is 12.7. The van der Waals surface area contributed by atoms with E-state index in [0.717, 1.165) is 11.0 Å². The number of aromatic nitrogens is 2. The van der Waals surface area contributed by atoms with Gasteiger partial charge in [-0.25, -0.2) is 9.37 Å². The van der Waals surface area contributed by atoms with E-state index in [-0.39, 0.29) is 5.82 Å². The van der Waals surface area contributed by atoms with Gasteiger partial charge in [-0.3, -0.25) is 0 Å². The van der Waals surface area contributed by atoms with Gasteiger partial charge in [-0.05, 0) is 24.3 Å². The van der Waals surface area contributed by atoms with Gasteiger partial charge < -0.3 is 10.1 Å². The fraction of sp³-hybridized carbons (Fsp3) is 0.385. The number of anilines is 1. The minimum atomic E-state index is -0.263. The molecule has 0 fully saturated rings. The third kappa shape index (κ3) is 4.17. The summed E-state index contributed by atoms with van der Waals surface area (Å²) in [6, 6.07) is 5.97. The number of rotatable bonds is 6. The molecule has 1 aromatic carbocycles. The Kier molecular flexibility index (Phi) is 4.68. The number of hydrogen-bond acceptors (Lipinski definition) is 5. The van der Waals surface area contributed by atoms with Crippen LogP contribution >= 0.6 is 11.5 Å². The quantitative estimate of drug-likeness (QED) is 0.825. The van der Waals surface area contributed by atoms with Gasteiger partial charge in [0, 0.05) is 17.5 Å². The van der Waals surface area contributed by atoms with Gasteiger partial charge in [-0.1, -0.05) is 13.8 Å². The highest BCUT2D eigenvalue weighted by Crippen LogP contribution is 2.17. The molecule has 102 valence electrons. The molecular weight excluding hydrogens is 265 g/mol. The summed E-state index contributed by atoms with van der Waals surface area (Å²) in [6.45, 7) is 5.24. The van der Waals surface area contributed by atoms with E-state index in [2.05, 4.69) is 28.5 Å². The number of benzene rings is 1. The monoisotopic (exact) mass is 281 g/mol. The summed E-state index contributed by atoms with van der Waals surface area (Å²) >= 11 is 1.35. The first-order valence-electron chi connectivity index (χ1n) is 6.11. The van der Waals surface area contributed by atoms with Crippen LogP contribution in [0, 0.1) is 5.82 Å². The van der Waals surface area contributed by atoms with Gasteiger partial charge in [0.25, 0.3) is 0 Å². The number of nitrogens with zero attached hydrogens (tertiary/aromatic N) is 2. The van der Waals surface area contributed by atoms with Crippen LogP contribution in [0.3, 0.4) is 0 Å². The van der Waals surface area contributed by atoms with E-state index in [1.165, 1.54) is 23.7 Å². The van der Waals surface area contributed by atoms with Crippen molar-refractivity contribution in [3.63, 3.8) is 0 Å². The van der Waals surface area contributed by atoms with Crippen LogP contribution in [-0.2, 0) is 0 Å². The highest BCUT2D eigenvalue weighted by molar-refractivity contribution is 7.09. The second-order valence-corrected chi connectivity index (χ2v) is 5.09. The maximum absolute atomic E-state index is 12.7. The zero-order valence-electron chi connectivity index (χ0n) is 10.9. The Labute approximate surface area is 115 Å². The predicted octanol–water partition coefficient (Wildman–Crippen LogP) is 3.29. The van der Waals surface area contributed by atoms with Crippen molar-refractivity contribution >= 4 is 16.7 Å². The second-order valence-electron chi connectivity index (χ2n) is 4.34. The molecule has 0 aliphatic rings. The summed E-state index contributed by atoms with van der Waals surface area (Å²) in [6.07, 6.45) is 0. The largest absolute Gasteiger partial charge is 0.492 e. The molecule has 0 bridgehead atoms. The van der Waals surface area contributed by atoms with Crippen molar-refractivity contribution < 1.29 is 9.13 Å². The average Bonchev–Trinajstić information content (AvgIpc) is 2.86. The molecule has 19 heavy (non-hydrogen) atoms. The van der Waals surface area contributed by atoms with Crippen molar-refractivity contribution in [1.29, 1.82) is 0 Å². The summed E-state index contributed by atoms with van der Waals surface area (Å²) < 4.78 is 22.4. The van der Waals surface area contributed by atoms with Crippen molar-refractivity contribution in [2.75, 3.05) is 18.5 Å². The lowest BCUT2D eigenvalue weighted by Gasteiger charge is -2.06. The van der Waals surface area contributed by atoms with Crippen molar-refractivity contribution in [1.82, 2.24) is 9.36 Å². The first-order valence-corrected chi connectivity index (χ1v) is 6.88. The van der Waals surface area contributed by atoms with Gasteiger partial charge >= 0.3 is 0 Å². The fourth-order valence-electron chi connectivity index (χ4n) is 1.40. The molecule has 0 atom stereocenters. The van der Waals surface area contributed by atoms with Crippen LogP contribution in [0.25, 0.3) is 0 Å². The lowest BCUT2D eigenvalue weighted by molar-refractivity contribution is 0.332. The number of nitrogens with one attached hydrogen (secondary N) is 1. The SMILES string of the molecule is CC(C)c1nsc(NCCOc2ccc(F)cc2)n1. The van der Waals surface area contributed by atoms with Crippen molar-refractivity contribution in [3.8, 4) is 5.75 Å². The molecule has 4 nitrogen and oxygen atoms in total. The summed E-state index contributed by atoms with van der Waals surface area (Å²) in [5.41, 5.74) is 0. The van der Waals surface area contributed by atoms with Gasteiger partial charge in [0.15, 0.2) is 0 Å². The highest BCUT2D eigenvalue weighted by atomic mass is 32.1. The standard InChI is InChI=1S/C13H16FN3OS/c1-9(2)12-16-13(19-17-12)15-7-8-18-11-5-3-10(14)4-6-11/h3-6,9H,7-8H2,1-2H3,(H,15,16,17). The minimum Gasteiger partial charge on any atom is -0.492 e. The van der Waals surface area contributed by atoms with E-state index in [1.54, 1.807) is 12.1 Å². The molecule has 1 aromatic heterocycles. The molecule has 0 unspecified atom stereocenters. The Morgan fingerprint density at radius 2 is 2.05 bits per heavy atom. The van der Waals surface area contributed by atoms with Crippen LogP contribution in [-0.4, -0.2) is 22.5 Å². The van der Waals surface area contributed by atoms with E-state index in [4.69, 9.17) is 4.74 Å². The van der Waals surface area contributed by atoms with Gasteiger partial charge in [-0.2, -0.15) is 4.37 Å². The lowest BCUT2D eigenvalue weighted by Crippen LogP contribution is -2.11. The normalized spacial score (nSPS) is 10.7. The molecule has 0 aliphatic carbocycles. The Bertz CT molecular complexity index is 513. The highest BCUT2D eigenvalue weighted by Gasteiger charge is 2.06. The molecule has 1 heterocycles. The Hall–Kier alpha value is -1.69. The third-order valence-electron chi connectivity index (χ3n) is 2.42. The van der Waals surface area contributed by atoms with Crippen molar-refractivity contribution in [2.24, 2.45) is 0 Å². The van der Waals surface area contributed by atoms with E-state index < -0.39 is 0 Å². The molecule has 0 spiro atoms. The number of halogens is 1. The molecule has 1 N–H and O–H groups in total. The minimum absolute atomic E-state index is 0.263. The van der Waals surface area contributed by atoms with E-state index >= 15 is 0 Å². The molecular formula is C13H16FN3OS. The third-order valence-corrected chi connectivity index (χ3v) is 3.11. The molecule has 0 saturated carbocycles. The fourth-order valence-corrected chi connectivity index (χ4v) is 2.13. The van der Waals surface area contributed by atoms with Crippen molar-refractivity contribution in [2.45, 2.75) is 19.8 Å². The van der Waals surface area contributed by atoms with Gasteiger partial charge in [0.05, 0.1) is 6.54 Å². The van der Waals surface area contributed by atoms with E-state index in [1.807, 2.05) is 0 Å². The van der Waals surface area contributed by atoms with Crippen LogP contribution in [0.5, 0.6) is 5.75 Å². The smallest absolute Gasteiger partial charge is 0.202 e. The second kappa shape index (κ2) is 6.47. The Morgan fingerprint density at radius 3 is 2.68 bits per heavy atom. The lowest BCUT2D eigenvalue weighted by atomic mass is 10.2. The molecule has 0 amide bonds. The van der Waals surface area contributed by atoms with Crippen LogP contribution in [0.4, 0.5) is 9.52 Å². The molecule has 2 rings (SSSR count). The zero-order valence-corrected chi connectivity index (χ0v) is 11.7. The summed E-state index contributed by atoms with van der Waals surface area (Å²) in [5.74, 6) is 1.58. The topological polar surface area (TPSA) is 47.0 Å². The van der Waals surface area contributed by atoms with Gasteiger partial charge in [0.1, 0.15) is 24.0 Å². The van der Waals surface area contributed by atoms with Crippen LogP contribution in [0.1, 0.15) is 25.6 Å². The number of hydrogen-bond donors (Lipinski definition) is 1. The van der Waals surface area contributed by atoms with Crippen LogP contribution < -0.4 is 10.1 Å². The first kappa shape index (κ1) is 13.7. The summed E-state index contributed by atoms with van der Waals surface area (Å²) in [7, 11) is 0. The molecule has 6 heteroatoms. The molecule has 0 saturated heterocycles. The zero-order chi connectivity index (χ0) is 13.7. The van der Waals surface area contributed by atoms with Crippen molar-refractivity contribution in [3.05, 3.63) is 35.9 Å². The van der Waals surface area contributed by atoms with E-state index in [0.29, 0.717) is 24.8 Å². The first-order chi connectivity index (χ1) is 9.15. The summed E-state index contributed by atoms with van der Waals surface area (Å²) in [4.78, 5) is 4.36. The van der Waals surface area contributed by atoms with Gasteiger partial charge in [0.2, 0.25) is 5.13 Å². The number of ether oxygens (including phenoxy) is 1. The predicted molar refractivity (Wildman–Crippen MR) is 74.4 cm³/mol. The Balaban J connectivity index is 1.72. The van der Waals surface area contributed by atoms with Crippen LogP contribution in [0.15, 0.2) is 24.3 Å². The van der Waals surface area contributed by atoms with E-state index in [9.17, 15) is 4.39 Å². The van der Waals surface area contributed by atoms with Gasteiger partial charge in [-0.15, -0.1) is 0 Å². The maximum Gasteiger partial charge on any atom is 0.202 e. The molecule has 2 aromatic rings. The molecule has 0 aliphatic heterocycles. The summed E-state index contributed by atoms with van der Waals surface area (Å²) in [5, 5.41) is 3.94. The van der Waals surface area contributed by atoms with Crippen LogP contribution in [0.2, 0.25) is 0 Å².